The van der Waals surface area contributed by atoms with Crippen molar-refractivity contribution >= 4 is 38.6 Å². The highest BCUT2D eigenvalue weighted by molar-refractivity contribution is 6.23. The van der Waals surface area contributed by atoms with E-state index in [0.717, 1.165) is 22.9 Å². The normalized spacial score (nSPS) is 14.1. The highest BCUT2D eigenvalue weighted by Gasteiger charge is 2.35. The number of para-hydroxylation sites is 4. The van der Waals surface area contributed by atoms with Gasteiger partial charge in [0.2, 0.25) is 0 Å². The summed E-state index contributed by atoms with van der Waals surface area (Å²) in [7, 11) is 0. The highest BCUT2D eigenvalue weighted by Crippen LogP contribution is 2.56. The lowest BCUT2D eigenvalue weighted by atomic mass is 9.82. The van der Waals surface area contributed by atoms with Gasteiger partial charge in [0.25, 0.3) is 0 Å². The van der Waals surface area contributed by atoms with Crippen LogP contribution in [0.2, 0.25) is 0 Å². The molecule has 2 nitrogen and oxygen atoms in total. The van der Waals surface area contributed by atoms with Gasteiger partial charge in [0.05, 0.1) is 17.1 Å². The highest BCUT2D eigenvalue weighted by atomic mass is 16.5. The van der Waals surface area contributed by atoms with Crippen LogP contribution in [0.25, 0.3) is 43.8 Å². The molecule has 0 amide bonds. The van der Waals surface area contributed by atoms with Crippen LogP contribution in [0.1, 0.15) is 30.5 Å². The Balaban J connectivity index is 1.39. The molecule has 0 fully saturated rings. The quantitative estimate of drug-likeness (QED) is 0.193. The van der Waals surface area contributed by atoms with Crippen molar-refractivity contribution in [1.29, 1.82) is 0 Å². The number of aryl methyl sites for hydroxylation is 1. The fourth-order valence-corrected chi connectivity index (χ4v) is 7.64. The summed E-state index contributed by atoms with van der Waals surface area (Å²) in [5.74, 6) is 1.72. The molecule has 0 atom stereocenters. The van der Waals surface area contributed by atoms with Crippen LogP contribution in [-0.4, -0.2) is 0 Å². The van der Waals surface area contributed by atoms with E-state index in [2.05, 4.69) is 147 Å². The summed E-state index contributed by atoms with van der Waals surface area (Å²) >= 11 is 0. The minimum absolute atomic E-state index is 0.0217. The van der Waals surface area contributed by atoms with Gasteiger partial charge in [-0.15, -0.1) is 0 Å². The van der Waals surface area contributed by atoms with Crippen molar-refractivity contribution < 1.29 is 4.74 Å². The van der Waals surface area contributed by atoms with Crippen LogP contribution in [0.3, 0.4) is 0 Å². The van der Waals surface area contributed by atoms with E-state index in [9.17, 15) is 0 Å². The molecule has 2 aliphatic rings. The number of hydrogen-bond donors (Lipinski definition) is 0. The lowest BCUT2D eigenvalue weighted by molar-refractivity contribution is 0.477. The second-order valence-corrected chi connectivity index (χ2v) is 12.6. The summed E-state index contributed by atoms with van der Waals surface area (Å²) in [6.07, 6.45) is 0. The van der Waals surface area contributed by atoms with E-state index in [-0.39, 0.29) is 5.41 Å². The third-order valence-corrected chi connectivity index (χ3v) is 9.68. The van der Waals surface area contributed by atoms with Gasteiger partial charge in [-0.1, -0.05) is 123 Å². The maximum atomic E-state index is 6.41. The molecule has 1 aliphatic heterocycles. The smallest absolute Gasteiger partial charge is 0.151 e. The Kier molecular flexibility index (Phi) is 5.20. The standard InChI is InChI=1S/C42H31NO/c1-26-20-22-31-33(24-26)40(27-21-23-35-32(25-27)28-12-6-7-15-34(28)42(35,2)3)29-13-4-5-14-30(29)41(31)43-36-16-8-10-18-38(36)44-39-19-11-9-17-37(39)43/h4-25H,1-3H3. The first kappa shape index (κ1) is 25.2. The molecule has 0 unspecified atom stereocenters. The Morgan fingerprint density at radius 1 is 0.523 bits per heavy atom. The van der Waals surface area contributed by atoms with Crippen molar-refractivity contribution in [2.75, 3.05) is 4.90 Å². The van der Waals surface area contributed by atoms with Gasteiger partial charge in [-0.3, -0.25) is 0 Å². The van der Waals surface area contributed by atoms with Crippen molar-refractivity contribution in [3.8, 4) is 33.8 Å². The molecule has 0 radical (unpaired) electrons. The zero-order chi connectivity index (χ0) is 29.6. The van der Waals surface area contributed by atoms with Crippen molar-refractivity contribution in [1.82, 2.24) is 0 Å². The van der Waals surface area contributed by atoms with Gasteiger partial charge in [0.15, 0.2) is 11.5 Å². The first-order chi connectivity index (χ1) is 21.5. The number of fused-ring (bicyclic) bond motifs is 7. The lowest BCUT2D eigenvalue weighted by Gasteiger charge is -2.35. The van der Waals surface area contributed by atoms with Crippen LogP contribution in [0.4, 0.5) is 17.1 Å². The molecule has 0 aromatic heterocycles. The zero-order valence-electron chi connectivity index (χ0n) is 25.1. The molecule has 210 valence electrons. The van der Waals surface area contributed by atoms with Crippen molar-refractivity contribution in [2.24, 2.45) is 0 Å². The summed E-state index contributed by atoms with van der Waals surface area (Å²) in [5, 5.41) is 4.93. The first-order valence-corrected chi connectivity index (χ1v) is 15.4. The van der Waals surface area contributed by atoms with Crippen LogP contribution in [-0.2, 0) is 5.41 Å². The van der Waals surface area contributed by atoms with E-state index in [0.29, 0.717) is 0 Å². The van der Waals surface area contributed by atoms with Gasteiger partial charge in [0.1, 0.15) is 0 Å². The maximum absolute atomic E-state index is 6.41. The predicted molar refractivity (Wildman–Crippen MR) is 184 cm³/mol. The Labute approximate surface area is 257 Å². The predicted octanol–water partition coefficient (Wildman–Crippen LogP) is 11.9. The molecule has 44 heavy (non-hydrogen) atoms. The number of rotatable bonds is 2. The van der Waals surface area contributed by atoms with Crippen LogP contribution in [0.5, 0.6) is 11.5 Å². The Hall–Kier alpha value is -5.34. The molecule has 0 saturated carbocycles. The number of nitrogens with zero attached hydrogens (tertiary/aromatic N) is 1. The SMILES string of the molecule is Cc1ccc2c(N3c4ccccc4Oc4ccccc43)c3ccccc3c(-c3ccc4c(c3)-c3ccccc3C4(C)C)c2c1. The van der Waals surface area contributed by atoms with Crippen molar-refractivity contribution in [3.05, 3.63) is 150 Å². The average Bonchev–Trinajstić information content (AvgIpc) is 3.28. The molecular weight excluding hydrogens is 534 g/mol. The minimum atomic E-state index is -0.0217. The van der Waals surface area contributed by atoms with Gasteiger partial charge in [-0.2, -0.15) is 0 Å². The molecular formula is C42H31NO. The van der Waals surface area contributed by atoms with E-state index >= 15 is 0 Å². The molecule has 1 aliphatic carbocycles. The van der Waals surface area contributed by atoms with Crippen LogP contribution < -0.4 is 9.64 Å². The number of anilines is 3. The van der Waals surface area contributed by atoms with Crippen LogP contribution in [0, 0.1) is 6.92 Å². The van der Waals surface area contributed by atoms with Gasteiger partial charge in [0, 0.05) is 16.2 Å². The summed E-state index contributed by atoms with van der Waals surface area (Å²) in [6, 6.07) is 48.6. The van der Waals surface area contributed by atoms with Gasteiger partial charge < -0.3 is 9.64 Å². The molecule has 0 bridgehead atoms. The minimum Gasteiger partial charge on any atom is -0.453 e. The molecule has 0 N–H and O–H groups in total. The molecule has 7 aromatic carbocycles. The average molecular weight is 566 g/mol. The summed E-state index contributed by atoms with van der Waals surface area (Å²) in [4.78, 5) is 2.40. The fourth-order valence-electron chi connectivity index (χ4n) is 7.64. The van der Waals surface area contributed by atoms with E-state index in [1.807, 2.05) is 12.1 Å². The number of hydrogen-bond acceptors (Lipinski definition) is 2. The molecule has 2 heteroatoms. The summed E-state index contributed by atoms with van der Waals surface area (Å²) < 4.78 is 6.41. The van der Waals surface area contributed by atoms with E-state index in [1.54, 1.807) is 0 Å². The number of benzene rings is 7. The topological polar surface area (TPSA) is 12.5 Å². The third-order valence-electron chi connectivity index (χ3n) is 9.68. The van der Waals surface area contributed by atoms with Crippen LogP contribution in [0.15, 0.2) is 133 Å². The third kappa shape index (κ3) is 3.43. The van der Waals surface area contributed by atoms with Crippen molar-refractivity contribution in [3.63, 3.8) is 0 Å². The van der Waals surface area contributed by atoms with E-state index in [1.165, 1.54) is 66.2 Å². The molecule has 7 aromatic rings. The summed E-state index contributed by atoms with van der Waals surface area (Å²) in [6.45, 7) is 6.88. The Bertz CT molecular complexity index is 2270. The zero-order valence-corrected chi connectivity index (χ0v) is 25.1. The largest absolute Gasteiger partial charge is 0.453 e. The van der Waals surface area contributed by atoms with Crippen LogP contribution >= 0.6 is 0 Å². The van der Waals surface area contributed by atoms with Gasteiger partial charge >= 0.3 is 0 Å². The van der Waals surface area contributed by atoms with Gasteiger partial charge in [-0.25, -0.2) is 0 Å². The molecule has 0 spiro atoms. The number of ether oxygens (including phenoxy) is 1. The molecule has 0 saturated heterocycles. The summed E-state index contributed by atoms with van der Waals surface area (Å²) in [5.41, 5.74) is 12.5. The molecule has 1 heterocycles. The van der Waals surface area contributed by atoms with E-state index in [4.69, 9.17) is 4.74 Å². The van der Waals surface area contributed by atoms with Crippen molar-refractivity contribution in [2.45, 2.75) is 26.2 Å². The second-order valence-electron chi connectivity index (χ2n) is 12.6. The monoisotopic (exact) mass is 565 g/mol. The first-order valence-electron chi connectivity index (χ1n) is 15.4. The Morgan fingerprint density at radius 3 is 1.91 bits per heavy atom. The Morgan fingerprint density at radius 2 is 1.14 bits per heavy atom. The van der Waals surface area contributed by atoms with E-state index < -0.39 is 0 Å². The molecule has 9 rings (SSSR count). The lowest BCUT2D eigenvalue weighted by Crippen LogP contribution is -2.16. The fraction of sp³-hybridized carbons (Fsp3) is 0.0952. The second kappa shape index (κ2) is 9.08. The van der Waals surface area contributed by atoms with Gasteiger partial charge in [-0.05, 0) is 81.4 Å². The maximum Gasteiger partial charge on any atom is 0.151 e.